The number of hydrogen-bond donors (Lipinski definition) is 0. The van der Waals surface area contributed by atoms with E-state index < -0.39 is 17.1 Å². The average Bonchev–Trinajstić information content (AvgIpc) is 3.39. The average molecular weight is 671 g/mol. The van der Waals surface area contributed by atoms with E-state index >= 15 is 0 Å². The van der Waals surface area contributed by atoms with E-state index in [0.717, 1.165) is 65.0 Å². The first-order valence-corrected chi connectivity index (χ1v) is 19.5. The molecule has 6 rings (SSSR count). The molecule has 46 heavy (non-hydrogen) atoms. The molecule has 254 valence electrons. The third-order valence-electron chi connectivity index (χ3n) is 10.8. The van der Waals surface area contributed by atoms with E-state index in [-0.39, 0.29) is 34.7 Å². The Bertz CT molecular complexity index is 1170. The highest BCUT2D eigenvalue weighted by atomic mass is 31.2. The van der Waals surface area contributed by atoms with E-state index in [0.29, 0.717) is 0 Å². The Labute approximate surface area is 280 Å². The summed E-state index contributed by atoms with van der Waals surface area (Å²) < 4.78 is 31.6. The van der Waals surface area contributed by atoms with E-state index in [1.54, 1.807) is 0 Å². The van der Waals surface area contributed by atoms with Crippen LogP contribution in [0.4, 0.5) is 0 Å². The monoisotopic (exact) mass is 670 g/mol. The maximum atomic E-state index is 6.65. The number of hydrogen-bond acceptors (Lipinski definition) is 8. The van der Waals surface area contributed by atoms with Gasteiger partial charge in [-0.25, -0.2) is 9.34 Å². The molecule has 0 spiro atoms. The van der Waals surface area contributed by atoms with Crippen LogP contribution in [0.3, 0.4) is 0 Å². The van der Waals surface area contributed by atoms with E-state index in [1.165, 1.54) is 11.1 Å². The maximum absolute atomic E-state index is 6.65. The summed E-state index contributed by atoms with van der Waals surface area (Å²) in [5, 5.41) is 0. The van der Waals surface area contributed by atoms with Crippen molar-refractivity contribution in [1.82, 2.24) is 19.1 Å². The van der Waals surface area contributed by atoms with Gasteiger partial charge in [-0.2, -0.15) is 0 Å². The third-order valence-corrected chi connectivity index (χ3v) is 14.9. The molecule has 0 aromatic heterocycles. The standard InChI is InChI=1S/C36H56N4O4P2/c1-33(2)34(3,4)42-45(41-33)39-27-17-25-37(31(39)29-19-11-9-12-20-29)23-15-16-24-38-26-18-28-40(32(38)30-21-13-10-14-22-30)46-43-35(5,6)36(7,8)44-46/h9-14,19-22,31-32H,15-18,23-28H2,1-8H3. The van der Waals surface area contributed by atoms with Gasteiger partial charge in [-0.05, 0) is 92.2 Å². The Morgan fingerprint density at radius 1 is 0.522 bits per heavy atom. The molecule has 4 aliphatic rings. The summed E-state index contributed by atoms with van der Waals surface area (Å²) in [6.07, 6.45) is 4.80. The van der Waals surface area contributed by atoms with Crippen molar-refractivity contribution >= 4 is 17.1 Å². The lowest BCUT2D eigenvalue weighted by Gasteiger charge is -2.46. The van der Waals surface area contributed by atoms with Crippen LogP contribution in [0.25, 0.3) is 0 Å². The zero-order valence-corrected chi connectivity index (χ0v) is 31.1. The number of benzene rings is 2. The van der Waals surface area contributed by atoms with Crippen LogP contribution in [0.15, 0.2) is 60.7 Å². The molecule has 0 N–H and O–H groups in total. The van der Waals surface area contributed by atoms with Crippen molar-refractivity contribution in [2.45, 2.75) is 116 Å². The van der Waals surface area contributed by atoms with Crippen LogP contribution in [-0.4, -0.2) is 80.8 Å². The largest absolute Gasteiger partial charge is 0.313 e. The summed E-state index contributed by atoms with van der Waals surface area (Å²) in [4.78, 5) is 5.33. The molecule has 2 aromatic rings. The first-order valence-electron chi connectivity index (χ1n) is 17.3. The van der Waals surface area contributed by atoms with Gasteiger partial charge in [-0.15, -0.1) is 0 Å². The van der Waals surface area contributed by atoms with E-state index in [2.05, 4.69) is 135 Å². The van der Waals surface area contributed by atoms with Gasteiger partial charge < -0.3 is 18.1 Å². The van der Waals surface area contributed by atoms with E-state index in [9.17, 15) is 0 Å². The fraction of sp³-hybridized carbons (Fsp3) is 0.667. The first kappa shape index (κ1) is 34.8. The predicted octanol–water partition coefficient (Wildman–Crippen LogP) is 8.84. The summed E-state index contributed by atoms with van der Waals surface area (Å²) in [6, 6.07) is 21.9. The van der Waals surface area contributed by atoms with Gasteiger partial charge in [0.25, 0.3) is 17.1 Å². The fourth-order valence-electron chi connectivity index (χ4n) is 6.66. The summed E-state index contributed by atoms with van der Waals surface area (Å²) in [7, 11) is -2.31. The summed E-state index contributed by atoms with van der Waals surface area (Å²) >= 11 is 0. The molecular formula is C36H56N4O4P2. The van der Waals surface area contributed by atoms with Crippen LogP contribution >= 0.6 is 17.1 Å². The van der Waals surface area contributed by atoms with Crippen molar-refractivity contribution in [2.75, 3.05) is 39.3 Å². The van der Waals surface area contributed by atoms with Gasteiger partial charge in [0, 0.05) is 39.3 Å². The van der Waals surface area contributed by atoms with Gasteiger partial charge in [0.2, 0.25) is 0 Å². The molecular weight excluding hydrogens is 614 g/mol. The number of rotatable bonds is 9. The lowest BCUT2D eigenvalue weighted by Crippen LogP contribution is -2.47. The summed E-state index contributed by atoms with van der Waals surface area (Å²) in [5.41, 5.74) is 1.31. The summed E-state index contributed by atoms with van der Waals surface area (Å²) in [6.45, 7) is 23.5. The van der Waals surface area contributed by atoms with Crippen LogP contribution in [0, 0.1) is 0 Å². The van der Waals surface area contributed by atoms with Gasteiger partial charge in [-0.3, -0.25) is 9.80 Å². The fourth-order valence-corrected chi connectivity index (χ4v) is 11.1. The van der Waals surface area contributed by atoms with Gasteiger partial charge in [0.1, 0.15) is 0 Å². The van der Waals surface area contributed by atoms with Gasteiger partial charge in [0.05, 0.1) is 34.7 Å². The smallest absolute Gasteiger partial charge is 0.261 e. The minimum Gasteiger partial charge on any atom is -0.313 e. The molecule has 8 nitrogen and oxygen atoms in total. The Morgan fingerprint density at radius 3 is 1.17 bits per heavy atom. The molecule has 0 saturated carbocycles. The second-order valence-electron chi connectivity index (χ2n) is 15.3. The van der Waals surface area contributed by atoms with Crippen LogP contribution in [0.5, 0.6) is 0 Å². The van der Waals surface area contributed by atoms with Crippen LogP contribution < -0.4 is 0 Å². The molecule has 2 aromatic carbocycles. The second kappa shape index (κ2) is 13.7. The minimum atomic E-state index is -1.16. The van der Waals surface area contributed by atoms with Crippen molar-refractivity contribution in [1.29, 1.82) is 0 Å². The van der Waals surface area contributed by atoms with Crippen molar-refractivity contribution in [3.8, 4) is 0 Å². The zero-order chi connectivity index (χ0) is 32.7. The third kappa shape index (κ3) is 7.01. The second-order valence-corrected chi connectivity index (χ2v) is 18.0. The van der Waals surface area contributed by atoms with Gasteiger partial charge in [0.15, 0.2) is 0 Å². The van der Waals surface area contributed by atoms with E-state index in [4.69, 9.17) is 18.1 Å². The molecule has 4 fully saturated rings. The number of nitrogens with zero attached hydrogens (tertiary/aromatic N) is 4. The molecule has 4 aliphatic heterocycles. The SMILES string of the molecule is CC1(C)OP(N2CCCN(CCCCN3CCCN(P4OC(C)(C)C(C)(C)O4)C3c3ccccc3)C2c2ccccc2)OC1(C)C. The molecule has 2 atom stereocenters. The highest BCUT2D eigenvalue weighted by Crippen LogP contribution is 2.64. The molecule has 0 bridgehead atoms. The molecule has 2 unspecified atom stereocenters. The molecule has 10 heteroatoms. The molecule has 4 heterocycles. The Morgan fingerprint density at radius 2 is 0.848 bits per heavy atom. The number of unbranched alkanes of at least 4 members (excludes halogenated alkanes) is 1. The Hall–Kier alpha value is -1.02. The topological polar surface area (TPSA) is 49.9 Å². The molecule has 0 aliphatic carbocycles. The molecule has 0 radical (unpaired) electrons. The van der Waals surface area contributed by atoms with Crippen LogP contribution in [0.2, 0.25) is 0 Å². The summed E-state index contributed by atoms with van der Waals surface area (Å²) in [5.74, 6) is 0. The zero-order valence-electron chi connectivity index (χ0n) is 29.3. The molecule has 0 amide bonds. The maximum Gasteiger partial charge on any atom is 0.261 e. The lowest BCUT2D eigenvalue weighted by atomic mass is 9.90. The molecule has 4 saturated heterocycles. The van der Waals surface area contributed by atoms with Crippen LogP contribution in [-0.2, 0) is 18.1 Å². The van der Waals surface area contributed by atoms with Crippen LogP contribution in [0.1, 0.15) is 105 Å². The normalized spacial score (nSPS) is 29.4. The highest BCUT2D eigenvalue weighted by Gasteiger charge is 2.55. The van der Waals surface area contributed by atoms with Crippen molar-refractivity contribution < 1.29 is 18.1 Å². The van der Waals surface area contributed by atoms with Crippen molar-refractivity contribution in [3.63, 3.8) is 0 Å². The first-order chi connectivity index (χ1) is 21.8. The Balaban J connectivity index is 1.14. The quantitative estimate of drug-likeness (QED) is 0.194. The van der Waals surface area contributed by atoms with Crippen molar-refractivity contribution in [3.05, 3.63) is 71.8 Å². The van der Waals surface area contributed by atoms with Gasteiger partial charge in [-0.1, -0.05) is 60.7 Å². The van der Waals surface area contributed by atoms with E-state index in [1.807, 2.05) is 0 Å². The predicted molar refractivity (Wildman–Crippen MR) is 188 cm³/mol. The lowest BCUT2D eigenvalue weighted by molar-refractivity contribution is 0.00578. The van der Waals surface area contributed by atoms with Crippen molar-refractivity contribution in [2.24, 2.45) is 0 Å². The highest BCUT2D eigenvalue weighted by molar-refractivity contribution is 7.45. The minimum absolute atomic E-state index is 0.152. The van der Waals surface area contributed by atoms with Gasteiger partial charge >= 0.3 is 0 Å². The Kier molecular flexibility index (Phi) is 10.4.